The van der Waals surface area contributed by atoms with E-state index in [0.29, 0.717) is 0 Å². The van der Waals surface area contributed by atoms with Gasteiger partial charge >= 0.3 is 5.97 Å². The van der Waals surface area contributed by atoms with Gasteiger partial charge in [-0.05, 0) is 34.6 Å². The van der Waals surface area contributed by atoms with Crippen LogP contribution in [0.5, 0.6) is 0 Å². The molecule has 0 bridgehead atoms. The number of ether oxygens (including phenoxy) is 1. The van der Waals surface area contributed by atoms with E-state index in [1.54, 1.807) is 34.6 Å². The summed E-state index contributed by atoms with van der Waals surface area (Å²) in [6.07, 6.45) is -0.653. The Morgan fingerprint density at radius 3 is 2.00 bits per heavy atom. The van der Waals surface area contributed by atoms with Gasteiger partial charge in [0, 0.05) is 0 Å². The molecular weight excluding hydrogens is 156 g/mol. The van der Waals surface area contributed by atoms with E-state index in [1.807, 2.05) is 0 Å². The van der Waals surface area contributed by atoms with Crippen molar-refractivity contribution in [3.63, 3.8) is 0 Å². The van der Waals surface area contributed by atoms with Crippen molar-refractivity contribution in [2.45, 2.75) is 46.3 Å². The lowest BCUT2D eigenvalue weighted by Gasteiger charge is -2.23. The highest BCUT2D eigenvalue weighted by molar-refractivity contribution is 5.73. The van der Waals surface area contributed by atoms with Crippen LogP contribution in [0.4, 0.5) is 0 Å². The van der Waals surface area contributed by atoms with Crippen molar-refractivity contribution in [2.75, 3.05) is 0 Å². The Bertz CT molecular complexity index is 156. The van der Waals surface area contributed by atoms with Crippen molar-refractivity contribution in [2.24, 2.45) is 5.92 Å². The van der Waals surface area contributed by atoms with Crippen LogP contribution in [-0.4, -0.2) is 22.8 Å². The first-order chi connectivity index (χ1) is 5.24. The fourth-order valence-electron chi connectivity index (χ4n) is 0.592. The summed E-state index contributed by atoms with van der Waals surface area (Å²) in [5, 5.41) is 9.09. The number of carbonyl (C=O) groups is 1. The van der Waals surface area contributed by atoms with Gasteiger partial charge in [-0.25, -0.2) is 0 Å². The molecule has 0 heterocycles. The Morgan fingerprint density at radius 1 is 1.33 bits per heavy atom. The molecule has 2 atom stereocenters. The predicted molar refractivity (Wildman–Crippen MR) is 46.7 cm³/mol. The highest BCUT2D eigenvalue weighted by Gasteiger charge is 2.24. The predicted octanol–water partition coefficient (Wildman–Crippen LogP) is 1.34. The zero-order valence-electron chi connectivity index (χ0n) is 8.42. The summed E-state index contributed by atoms with van der Waals surface area (Å²) in [5.74, 6) is -0.804. The average Bonchev–Trinajstić information content (AvgIpc) is 1.82. The van der Waals surface area contributed by atoms with E-state index in [2.05, 4.69) is 0 Å². The molecule has 0 saturated carbocycles. The first-order valence-corrected chi connectivity index (χ1v) is 4.15. The third-order valence-corrected chi connectivity index (χ3v) is 1.50. The van der Waals surface area contributed by atoms with Crippen molar-refractivity contribution in [1.29, 1.82) is 0 Å². The fourth-order valence-corrected chi connectivity index (χ4v) is 0.592. The summed E-state index contributed by atoms with van der Waals surface area (Å²) in [5.41, 5.74) is -0.472. The second kappa shape index (κ2) is 3.90. The zero-order valence-corrected chi connectivity index (χ0v) is 8.42. The van der Waals surface area contributed by atoms with Crippen LogP contribution in [0.25, 0.3) is 0 Å². The van der Waals surface area contributed by atoms with Crippen molar-refractivity contribution in [3.8, 4) is 0 Å². The molecule has 0 amide bonds. The van der Waals surface area contributed by atoms with Crippen molar-refractivity contribution in [3.05, 3.63) is 0 Å². The molecule has 72 valence electrons. The Morgan fingerprint density at radius 2 is 1.75 bits per heavy atom. The number of esters is 1. The summed E-state index contributed by atoms with van der Waals surface area (Å²) in [6, 6.07) is 0. The van der Waals surface area contributed by atoms with Gasteiger partial charge < -0.3 is 9.84 Å². The second-order valence-corrected chi connectivity index (χ2v) is 4.06. The van der Waals surface area contributed by atoms with Crippen LogP contribution in [0.2, 0.25) is 0 Å². The van der Waals surface area contributed by atoms with Gasteiger partial charge in [0.25, 0.3) is 0 Å². The molecule has 0 aliphatic carbocycles. The van der Waals surface area contributed by atoms with Crippen LogP contribution in [0.3, 0.4) is 0 Å². The highest BCUT2D eigenvalue weighted by atomic mass is 16.6. The standard InChI is InChI=1S/C9H18O3/c1-6(7(2)10)8(11)12-9(3,4)5/h6-7,10H,1-5H3/t6-,7+/m0/s1. The second-order valence-electron chi connectivity index (χ2n) is 4.06. The van der Waals surface area contributed by atoms with Gasteiger partial charge in [-0.2, -0.15) is 0 Å². The van der Waals surface area contributed by atoms with Gasteiger partial charge in [0.2, 0.25) is 0 Å². The normalized spacial score (nSPS) is 16.8. The van der Waals surface area contributed by atoms with E-state index >= 15 is 0 Å². The van der Waals surface area contributed by atoms with Gasteiger partial charge in [-0.3, -0.25) is 4.79 Å². The van der Waals surface area contributed by atoms with E-state index in [9.17, 15) is 4.79 Å². The maximum atomic E-state index is 11.2. The Hall–Kier alpha value is -0.570. The highest BCUT2D eigenvalue weighted by Crippen LogP contribution is 2.13. The topological polar surface area (TPSA) is 46.5 Å². The van der Waals surface area contributed by atoms with E-state index in [0.717, 1.165) is 0 Å². The van der Waals surface area contributed by atoms with Gasteiger partial charge in [0.1, 0.15) is 5.60 Å². The summed E-state index contributed by atoms with van der Waals surface area (Å²) >= 11 is 0. The van der Waals surface area contributed by atoms with Crippen LogP contribution in [0, 0.1) is 5.92 Å². The van der Waals surface area contributed by atoms with Gasteiger partial charge in [0.15, 0.2) is 0 Å². The summed E-state index contributed by atoms with van der Waals surface area (Å²) in [7, 11) is 0. The number of hydrogen-bond donors (Lipinski definition) is 1. The first kappa shape index (κ1) is 11.4. The molecule has 0 rings (SSSR count). The van der Waals surface area contributed by atoms with Crippen LogP contribution in [-0.2, 0) is 9.53 Å². The first-order valence-electron chi connectivity index (χ1n) is 4.15. The molecule has 0 aromatic carbocycles. The molecule has 0 saturated heterocycles. The largest absolute Gasteiger partial charge is 0.460 e. The van der Waals surface area contributed by atoms with Crippen LogP contribution in [0.15, 0.2) is 0 Å². The zero-order chi connectivity index (χ0) is 9.94. The Balaban J connectivity index is 4.05. The molecule has 12 heavy (non-hydrogen) atoms. The van der Waals surface area contributed by atoms with Crippen molar-refractivity contribution >= 4 is 5.97 Å². The fraction of sp³-hybridized carbons (Fsp3) is 0.889. The molecule has 0 aromatic heterocycles. The molecule has 0 radical (unpaired) electrons. The SMILES string of the molecule is C[C@H](C(=O)OC(C)(C)C)[C@@H](C)O. The summed E-state index contributed by atoms with van der Waals surface area (Å²) in [6.45, 7) is 8.65. The number of hydrogen-bond acceptors (Lipinski definition) is 3. The lowest BCUT2D eigenvalue weighted by Crippen LogP contribution is -2.32. The van der Waals surface area contributed by atoms with Crippen LogP contribution >= 0.6 is 0 Å². The van der Waals surface area contributed by atoms with E-state index < -0.39 is 17.6 Å². The number of aliphatic hydroxyl groups is 1. The molecular formula is C9H18O3. The van der Waals surface area contributed by atoms with Crippen LogP contribution in [0.1, 0.15) is 34.6 Å². The van der Waals surface area contributed by atoms with E-state index in [-0.39, 0.29) is 5.97 Å². The molecule has 0 aliphatic heterocycles. The lowest BCUT2D eigenvalue weighted by molar-refractivity contribution is -0.162. The minimum atomic E-state index is -0.653. The molecule has 3 nitrogen and oxygen atoms in total. The number of aliphatic hydroxyl groups excluding tert-OH is 1. The molecule has 3 heteroatoms. The quantitative estimate of drug-likeness (QED) is 0.643. The van der Waals surface area contributed by atoms with Gasteiger partial charge in [-0.1, -0.05) is 0 Å². The van der Waals surface area contributed by atoms with Crippen molar-refractivity contribution < 1.29 is 14.6 Å². The molecule has 0 spiro atoms. The van der Waals surface area contributed by atoms with Crippen molar-refractivity contribution in [1.82, 2.24) is 0 Å². The number of carbonyl (C=O) groups excluding carboxylic acids is 1. The summed E-state index contributed by atoms with van der Waals surface area (Å²) < 4.78 is 5.06. The van der Waals surface area contributed by atoms with Crippen LogP contribution < -0.4 is 0 Å². The molecule has 0 aliphatic rings. The maximum Gasteiger partial charge on any atom is 0.311 e. The third-order valence-electron chi connectivity index (χ3n) is 1.50. The molecule has 0 unspecified atom stereocenters. The molecule has 0 fully saturated rings. The maximum absolute atomic E-state index is 11.2. The Labute approximate surface area is 73.7 Å². The minimum Gasteiger partial charge on any atom is -0.460 e. The van der Waals surface area contributed by atoms with Gasteiger partial charge in [0.05, 0.1) is 12.0 Å². The average molecular weight is 174 g/mol. The third kappa shape index (κ3) is 4.34. The Kier molecular flexibility index (Phi) is 3.71. The molecule has 0 aromatic rings. The smallest absolute Gasteiger partial charge is 0.311 e. The lowest BCUT2D eigenvalue weighted by atomic mass is 10.1. The van der Waals surface area contributed by atoms with E-state index in [1.165, 1.54) is 0 Å². The molecule has 1 N–H and O–H groups in total. The monoisotopic (exact) mass is 174 g/mol. The number of rotatable bonds is 2. The summed E-state index contributed by atoms with van der Waals surface area (Å²) in [4.78, 5) is 11.2. The minimum absolute atomic E-state index is 0.350. The van der Waals surface area contributed by atoms with E-state index in [4.69, 9.17) is 9.84 Å². The van der Waals surface area contributed by atoms with Gasteiger partial charge in [-0.15, -0.1) is 0 Å².